The minimum absolute atomic E-state index is 0.0800. The van der Waals surface area contributed by atoms with Crippen LogP contribution in [0.2, 0.25) is 0 Å². The van der Waals surface area contributed by atoms with Crippen LogP contribution < -0.4 is 5.32 Å². The van der Waals surface area contributed by atoms with Crippen LogP contribution in [0.1, 0.15) is 53.6 Å². The number of aryl methyl sites for hydroxylation is 4. The number of nitrogens with one attached hydrogen (secondary N) is 1. The van der Waals surface area contributed by atoms with E-state index in [1.54, 1.807) is 11.3 Å². The zero-order valence-corrected chi connectivity index (χ0v) is 17.4. The molecule has 28 heavy (non-hydrogen) atoms. The van der Waals surface area contributed by atoms with Crippen LogP contribution in [0.4, 0.5) is 0 Å². The highest BCUT2D eigenvalue weighted by atomic mass is 32.1. The summed E-state index contributed by atoms with van der Waals surface area (Å²) >= 11 is 3.44. The van der Waals surface area contributed by atoms with Gasteiger partial charge in [-0.05, 0) is 50.0 Å². The van der Waals surface area contributed by atoms with Gasteiger partial charge >= 0.3 is 0 Å². The lowest BCUT2D eigenvalue weighted by Gasteiger charge is -2.06. The molecule has 0 bridgehead atoms. The molecule has 8 heteroatoms. The quantitative estimate of drug-likeness (QED) is 0.529. The zero-order chi connectivity index (χ0) is 19.2. The van der Waals surface area contributed by atoms with Crippen LogP contribution in [0.15, 0.2) is 22.0 Å². The second-order valence-electron chi connectivity index (χ2n) is 6.98. The van der Waals surface area contributed by atoms with Crippen LogP contribution in [0.25, 0.3) is 10.7 Å². The summed E-state index contributed by atoms with van der Waals surface area (Å²) in [5, 5.41) is 10.2. The topological polar surface area (TPSA) is 80.9 Å². The number of aromatic nitrogens is 3. The minimum atomic E-state index is 0.0800. The molecular formula is C20H24N4O2S2. The van der Waals surface area contributed by atoms with Crippen LogP contribution in [0.3, 0.4) is 0 Å². The summed E-state index contributed by atoms with van der Waals surface area (Å²) in [5.41, 5.74) is 1.32. The number of nitrogens with zero attached hydrogens (tertiary/aromatic N) is 3. The maximum Gasteiger partial charge on any atom is 0.226 e. The minimum Gasteiger partial charge on any atom is -0.356 e. The molecule has 6 nitrogen and oxygen atoms in total. The number of fused-ring (bicyclic) bond motifs is 1. The van der Waals surface area contributed by atoms with Crippen molar-refractivity contribution in [3.05, 3.63) is 39.0 Å². The third kappa shape index (κ3) is 5.05. The Balaban J connectivity index is 1.11. The Labute approximate surface area is 172 Å². The fraction of sp³-hybridized carbons (Fsp3) is 0.500. The SMILES string of the molecule is O=C(CCCc1nc(-c2cccs2)no1)NCCCc1nc2c(s1)CCCC2. The first-order valence-electron chi connectivity index (χ1n) is 9.88. The van der Waals surface area contributed by atoms with Crippen LogP contribution >= 0.6 is 22.7 Å². The molecule has 1 aliphatic carbocycles. The number of thiazole rings is 1. The van der Waals surface area contributed by atoms with Gasteiger partial charge in [0.2, 0.25) is 17.6 Å². The molecule has 0 saturated heterocycles. The lowest BCUT2D eigenvalue weighted by molar-refractivity contribution is -0.121. The molecule has 148 valence electrons. The van der Waals surface area contributed by atoms with Gasteiger partial charge < -0.3 is 9.84 Å². The van der Waals surface area contributed by atoms with Gasteiger partial charge in [0.05, 0.1) is 15.6 Å². The van der Waals surface area contributed by atoms with Crippen molar-refractivity contribution in [3.63, 3.8) is 0 Å². The molecule has 1 N–H and O–H groups in total. The molecule has 0 atom stereocenters. The van der Waals surface area contributed by atoms with Gasteiger partial charge in [-0.1, -0.05) is 11.2 Å². The first-order chi connectivity index (χ1) is 13.8. The average molecular weight is 417 g/mol. The normalized spacial score (nSPS) is 13.4. The summed E-state index contributed by atoms with van der Waals surface area (Å²) in [6.07, 6.45) is 8.58. The molecule has 0 unspecified atom stereocenters. The number of carbonyl (C=O) groups is 1. The molecule has 4 rings (SSSR count). The second kappa shape index (κ2) is 9.43. The Hall–Kier alpha value is -2.06. The second-order valence-corrected chi connectivity index (χ2v) is 9.10. The first kappa shape index (κ1) is 19.3. The number of hydrogen-bond acceptors (Lipinski definition) is 7. The lowest BCUT2D eigenvalue weighted by atomic mass is 10.0. The largest absolute Gasteiger partial charge is 0.356 e. The van der Waals surface area contributed by atoms with E-state index in [2.05, 4.69) is 15.5 Å². The van der Waals surface area contributed by atoms with E-state index in [0.717, 1.165) is 24.1 Å². The molecule has 0 fully saturated rings. The van der Waals surface area contributed by atoms with Crippen molar-refractivity contribution in [1.29, 1.82) is 0 Å². The van der Waals surface area contributed by atoms with E-state index in [4.69, 9.17) is 9.51 Å². The molecule has 3 heterocycles. The Kier molecular flexibility index (Phi) is 6.49. The summed E-state index contributed by atoms with van der Waals surface area (Å²) in [6.45, 7) is 0.701. The van der Waals surface area contributed by atoms with Crippen LogP contribution in [0, 0.1) is 0 Å². The standard InChI is InChI=1S/C20H24N4O2S2/c25-17(9-3-10-18-23-20(24-26-18)16-8-5-13-27-16)21-12-4-11-19-22-14-6-1-2-7-15(14)28-19/h5,8,13H,1-4,6-7,9-12H2,(H,21,25). The van der Waals surface area contributed by atoms with Crippen molar-refractivity contribution in [2.45, 2.75) is 57.8 Å². The van der Waals surface area contributed by atoms with Crippen molar-refractivity contribution < 1.29 is 9.32 Å². The fourth-order valence-electron chi connectivity index (χ4n) is 3.33. The highest BCUT2D eigenvalue weighted by Crippen LogP contribution is 2.27. The van der Waals surface area contributed by atoms with Gasteiger partial charge in [-0.3, -0.25) is 4.79 Å². The van der Waals surface area contributed by atoms with Gasteiger partial charge in [0.15, 0.2) is 0 Å². The van der Waals surface area contributed by atoms with Gasteiger partial charge in [0.1, 0.15) is 0 Å². The lowest BCUT2D eigenvalue weighted by Crippen LogP contribution is -2.24. The number of amides is 1. The molecule has 0 spiro atoms. The first-order valence-corrected chi connectivity index (χ1v) is 11.6. The van der Waals surface area contributed by atoms with Gasteiger partial charge in [-0.15, -0.1) is 22.7 Å². The van der Waals surface area contributed by atoms with E-state index in [1.807, 2.05) is 28.8 Å². The Morgan fingerprint density at radius 1 is 1.18 bits per heavy atom. The molecule has 0 aromatic carbocycles. The smallest absolute Gasteiger partial charge is 0.226 e. The Bertz CT molecular complexity index is 878. The van der Waals surface area contributed by atoms with Crippen molar-refractivity contribution in [3.8, 4) is 10.7 Å². The van der Waals surface area contributed by atoms with Gasteiger partial charge in [-0.2, -0.15) is 4.98 Å². The van der Waals surface area contributed by atoms with Crippen molar-refractivity contribution in [2.75, 3.05) is 6.54 Å². The molecule has 0 aliphatic heterocycles. The van der Waals surface area contributed by atoms with Gasteiger partial charge in [0.25, 0.3) is 0 Å². The van der Waals surface area contributed by atoms with Gasteiger partial charge in [-0.25, -0.2) is 4.98 Å². The molecule has 1 amide bonds. The van der Waals surface area contributed by atoms with E-state index < -0.39 is 0 Å². The summed E-state index contributed by atoms with van der Waals surface area (Å²) in [5.74, 6) is 1.29. The fourth-order valence-corrected chi connectivity index (χ4v) is 5.18. The molecule has 3 aromatic rings. The number of hydrogen-bond donors (Lipinski definition) is 1. The van der Waals surface area contributed by atoms with Crippen molar-refractivity contribution in [1.82, 2.24) is 20.4 Å². The third-order valence-electron chi connectivity index (χ3n) is 4.78. The van der Waals surface area contributed by atoms with Crippen molar-refractivity contribution >= 4 is 28.6 Å². The molecular weight excluding hydrogens is 392 g/mol. The molecule has 3 aromatic heterocycles. The van der Waals surface area contributed by atoms with E-state index in [1.165, 1.54) is 34.8 Å². The summed E-state index contributed by atoms with van der Waals surface area (Å²) in [7, 11) is 0. The summed E-state index contributed by atoms with van der Waals surface area (Å²) in [6, 6.07) is 3.93. The van der Waals surface area contributed by atoms with E-state index in [0.29, 0.717) is 37.5 Å². The van der Waals surface area contributed by atoms with E-state index in [9.17, 15) is 4.79 Å². The van der Waals surface area contributed by atoms with E-state index in [-0.39, 0.29) is 5.91 Å². The van der Waals surface area contributed by atoms with Crippen LogP contribution in [-0.4, -0.2) is 27.6 Å². The monoisotopic (exact) mass is 416 g/mol. The molecule has 0 saturated carbocycles. The predicted molar refractivity (Wildman–Crippen MR) is 111 cm³/mol. The third-order valence-corrected chi connectivity index (χ3v) is 6.87. The maximum absolute atomic E-state index is 12.0. The van der Waals surface area contributed by atoms with Crippen LogP contribution in [0.5, 0.6) is 0 Å². The summed E-state index contributed by atoms with van der Waals surface area (Å²) in [4.78, 5) is 23.6. The van der Waals surface area contributed by atoms with Crippen LogP contribution in [-0.2, 0) is 30.5 Å². The number of thiophene rings is 1. The van der Waals surface area contributed by atoms with Crippen molar-refractivity contribution in [2.24, 2.45) is 0 Å². The Morgan fingerprint density at radius 3 is 2.96 bits per heavy atom. The van der Waals surface area contributed by atoms with E-state index >= 15 is 0 Å². The zero-order valence-electron chi connectivity index (χ0n) is 15.8. The average Bonchev–Trinajstić information content (AvgIpc) is 3.44. The molecule has 1 aliphatic rings. The highest BCUT2D eigenvalue weighted by molar-refractivity contribution is 7.13. The van der Waals surface area contributed by atoms with Gasteiger partial charge in [0, 0.05) is 30.7 Å². The number of carbonyl (C=O) groups excluding carboxylic acids is 1. The summed E-state index contributed by atoms with van der Waals surface area (Å²) < 4.78 is 5.26. The Morgan fingerprint density at radius 2 is 2.11 bits per heavy atom. The maximum atomic E-state index is 12.0. The number of rotatable bonds is 9. The predicted octanol–water partition coefficient (Wildman–Crippen LogP) is 4.21. The highest BCUT2D eigenvalue weighted by Gasteiger charge is 2.15. The molecule has 0 radical (unpaired) electrons.